The lowest BCUT2D eigenvalue weighted by Crippen LogP contribution is -2.14. The van der Waals surface area contributed by atoms with Crippen LogP contribution in [0.1, 0.15) is 30.1 Å². The highest BCUT2D eigenvalue weighted by atomic mass is 19.4. The van der Waals surface area contributed by atoms with Crippen LogP contribution in [0.15, 0.2) is 65.7 Å². The molecule has 0 amide bonds. The highest BCUT2D eigenvalue weighted by Crippen LogP contribution is 2.36. The van der Waals surface area contributed by atoms with Crippen molar-refractivity contribution in [3.8, 4) is 22.8 Å². The van der Waals surface area contributed by atoms with E-state index in [2.05, 4.69) is 30.4 Å². The number of anilines is 1. The minimum absolute atomic E-state index is 0.0679. The largest absolute Gasteiger partial charge is 0.491 e. The van der Waals surface area contributed by atoms with Gasteiger partial charge in [0.05, 0.1) is 6.04 Å². The van der Waals surface area contributed by atoms with Crippen LogP contribution in [0, 0.1) is 5.82 Å². The first-order valence-corrected chi connectivity index (χ1v) is 11.1. The van der Waals surface area contributed by atoms with E-state index < -0.39 is 23.9 Å². The molecule has 9 nitrogen and oxygen atoms in total. The summed E-state index contributed by atoms with van der Waals surface area (Å²) in [5.74, 6) is -0.932. The normalized spacial score (nSPS) is 12.4. The zero-order valence-electron chi connectivity index (χ0n) is 19.6. The summed E-state index contributed by atoms with van der Waals surface area (Å²) >= 11 is 0. The number of aromatic hydroxyl groups is 1. The number of nitrogens with one attached hydrogen (secondary N) is 1. The van der Waals surface area contributed by atoms with Gasteiger partial charge in [-0.25, -0.2) is 24.3 Å². The first-order valence-electron chi connectivity index (χ1n) is 11.1. The van der Waals surface area contributed by atoms with Gasteiger partial charge in [0, 0.05) is 29.4 Å². The molecule has 0 fully saturated rings. The lowest BCUT2D eigenvalue weighted by atomic mass is 10.0. The van der Waals surface area contributed by atoms with E-state index in [0.717, 1.165) is 12.4 Å². The molecule has 0 bridgehead atoms. The monoisotopic (exact) mass is 526 g/mol. The molecule has 38 heavy (non-hydrogen) atoms. The van der Waals surface area contributed by atoms with Crippen molar-refractivity contribution in [2.75, 3.05) is 5.32 Å². The van der Waals surface area contributed by atoms with Gasteiger partial charge in [0.15, 0.2) is 5.76 Å². The van der Waals surface area contributed by atoms with E-state index in [1.807, 2.05) is 0 Å². The smallest absolute Gasteiger partial charge is 0.451 e. The third kappa shape index (κ3) is 5.31. The third-order valence-electron chi connectivity index (χ3n) is 5.58. The maximum Gasteiger partial charge on any atom is 0.451 e. The van der Waals surface area contributed by atoms with Crippen LogP contribution < -0.4 is 10.1 Å². The molecular weight excluding hydrogens is 508 g/mol. The summed E-state index contributed by atoms with van der Waals surface area (Å²) in [6.07, 6.45) is -1.13. The van der Waals surface area contributed by atoms with Gasteiger partial charge in [-0.05, 0) is 47.5 Å². The van der Waals surface area contributed by atoms with Crippen molar-refractivity contribution < 1.29 is 31.9 Å². The molecule has 194 valence electrons. The van der Waals surface area contributed by atoms with Crippen LogP contribution in [-0.2, 0) is 12.8 Å². The Balaban J connectivity index is 1.52. The topological polar surface area (TPSA) is 119 Å². The Morgan fingerprint density at radius 3 is 2.39 bits per heavy atom. The number of halogens is 4. The van der Waals surface area contributed by atoms with Crippen LogP contribution in [0.4, 0.5) is 23.4 Å². The Hall–Kier alpha value is -4.81. The van der Waals surface area contributed by atoms with Crippen molar-refractivity contribution in [3.05, 3.63) is 84.2 Å². The van der Waals surface area contributed by atoms with Gasteiger partial charge < -0.3 is 19.7 Å². The minimum Gasteiger partial charge on any atom is -0.491 e. The molecule has 0 radical (unpaired) electrons. The summed E-state index contributed by atoms with van der Waals surface area (Å²) < 4.78 is 63.0. The molecule has 0 aliphatic rings. The number of alkyl halides is 3. The molecule has 0 aliphatic carbocycles. The number of hydrogen-bond acceptors (Lipinski definition) is 9. The van der Waals surface area contributed by atoms with Crippen LogP contribution in [0.25, 0.3) is 22.0 Å². The Morgan fingerprint density at radius 1 is 1.00 bits per heavy atom. The van der Waals surface area contributed by atoms with Gasteiger partial charge in [-0.1, -0.05) is 12.1 Å². The molecule has 2 N–H and O–H groups in total. The van der Waals surface area contributed by atoms with Gasteiger partial charge in [-0.2, -0.15) is 13.2 Å². The third-order valence-corrected chi connectivity index (χ3v) is 5.58. The van der Waals surface area contributed by atoms with Crippen molar-refractivity contribution in [1.82, 2.24) is 25.1 Å². The Kier molecular flexibility index (Phi) is 6.49. The standard InChI is InChI=1S/C25H18F4N6O3/c1-13(16-9-30-24(31-10-16)25(27,28)29)34-23-19-6-15(14-2-4-17(26)5-3-14)7-20(22(19)32-12-33-23)37-11-18-8-21(36)35-38-18/h2-10,12-13H,11H2,1H3,(H,35,36)(H,32,33,34)/t13-/m1/s1. The number of aromatic nitrogens is 5. The maximum absolute atomic E-state index is 13.5. The predicted octanol–water partition coefficient (Wildman–Crippen LogP) is 5.69. The number of hydrogen-bond donors (Lipinski definition) is 2. The highest BCUT2D eigenvalue weighted by molar-refractivity contribution is 5.96. The van der Waals surface area contributed by atoms with E-state index >= 15 is 0 Å². The molecule has 5 aromatic rings. The van der Waals surface area contributed by atoms with Crippen molar-refractivity contribution in [3.63, 3.8) is 0 Å². The molecule has 2 aromatic carbocycles. The summed E-state index contributed by atoms with van der Waals surface area (Å²) in [6.45, 7) is 1.65. The molecular formula is C25H18F4N6O3. The van der Waals surface area contributed by atoms with Crippen molar-refractivity contribution in [2.24, 2.45) is 0 Å². The molecule has 1 atom stereocenters. The van der Waals surface area contributed by atoms with Gasteiger partial charge in [0.1, 0.15) is 35.8 Å². The first kappa shape index (κ1) is 24.9. The lowest BCUT2D eigenvalue weighted by molar-refractivity contribution is -0.145. The maximum atomic E-state index is 13.5. The number of fused-ring (bicyclic) bond motifs is 1. The van der Waals surface area contributed by atoms with Crippen LogP contribution in [0.2, 0.25) is 0 Å². The molecule has 0 unspecified atom stereocenters. The average molecular weight is 526 g/mol. The second-order valence-electron chi connectivity index (χ2n) is 8.24. The second kappa shape index (κ2) is 9.92. The Morgan fingerprint density at radius 2 is 1.74 bits per heavy atom. The van der Waals surface area contributed by atoms with Crippen LogP contribution in [-0.4, -0.2) is 30.2 Å². The van der Waals surface area contributed by atoms with Gasteiger partial charge >= 0.3 is 6.18 Å². The van der Waals surface area contributed by atoms with Crippen molar-refractivity contribution in [2.45, 2.75) is 25.7 Å². The number of rotatable bonds is 7. The zero-order chi connectivity index (χ0) is 26.9. The minimum atomic E-state index is -4.64. The van der Waals surface area contributed by atoms with E-state index in [4.69, 9.17) is 9.26 Å². The second-order valence-corrected chi connectivity index (χ2v) is 8.24. The van der Waals surface area contributed by atoms with Gasteiger partial charge in [0.25, 0.3) is 5.88 Å². The fraction of sp³-hybridized carbons (Fsp3) is 0.160. The van der Waals surface area contributed by atoms with Crippen molar-refractivity contribution in [1.29, 1.82) is 0 Å². The Bertz CT molecular complexity index is 1570. The summed E-state index contributed by atoms with van der Waals surface area (Å²) in [5, 5.41) is 16.5. The summed E-state index contributed by atoms with van der Waals surface area (Å²) in [7, 11) is 0. The summed E-state index contributed by atoms with van der Waals surface area (Å²) in [4.78, 5) is 15.5. The van der Waals surface area contributed by atoms with Crippen molar-refractivity contribution >= 4 is 16.7 Å². The fourth-order valence-electron chi connectivity index (χ4n) is 3.68. The van der Waals surface area contributed by atoms with E-state index in [9.17, 15) is 22.7 Å². The van der Waals surface area contributed by atoms with Gasteiger partial charge in [-0.3, -0.25) is 0 Å². The summed E-state index contributed by atoms with van der Waals surface area (Å²) in [5.41, 5.74) is 2.18. The van der Waals surface area contributed by atoms with Gasteiger partial charge in [-0.15, -0.1) is 0 Å². The molecule has 13 heteroatoms. The molecule has 3 aromatic heterocycles. The quantitative estimate of drug-likeness (QED) is 0.258. The van der Waals surface area contributed by atoms with E-state index in [-0.39, 0.29) is 18.2 Å². The van der Waals surface area contributed by atoms with Crippen LogP contribution in [0.5, 0.6) is 11.6 Å². The van der Waals surface area contributed by atoms with E-state index in [1.54, 1.807) is 31.2 Å². The fourth-order valence-corrected chi connectivity index (χ4v) is 3.68. The molecule has 0 saturated carbocycles. The van der Waals surface area contributed by atoms with E-state index in [0.29, 0.717) is 39.2 Å². The molecule has 0 saturated heterocycles. The number of benzene rings is 2. The van der Waals surface area contributed by atoms with Gasteiger partial charge in [0.2, 0.25) is 5.82 Å². The average Bonchev–Trinajstić information content (AvgIpc) is 3.32. The Labute approximate surface area is 212 Å². The zero-order valence-corrected chi connectivity index (χ0v) is 19.6. The lowest BCUT2D eigenvalue weighted by Gasteiger charge is -2.18. The van der Waals surface area contributed by atoms with Crippen LogP contribution in [0.3, 0.4) is 0 Å². The molecule has 0 spiro atoms. The molecule has 5 rings (SSSR count). The predicted molar refractivity (Wildman–Crippen MR) is 127 cm³/mol. The first-order chi connectivity index (χ1) is 18.2. The molecule has 0 aliphatic heterocycles. The molecule has 3 heterocycles. The number of ether oxygens (including phenoxy) is 1. The highest BCUT2D eigenvalue weighted by Gasteiger charge is 2.34. The SMILES string of the molecule is C[C@@H](Nc1ncnc2c(OCc3cc(O)no3)cc(-c3ccc(F)cc3)cc12)c1cnc(C(F)(F)F)nc1. The van der Waals surface area contributed by atoms with Crippen LogP contribution >= 0.6 is 0 Å². The van der Waals surface area contributed by atoms with E-state index in [1.165, 1.54) is 24.5 Å². The summed E-state index contributed by atoms with van der Waals surface area (Å²) in [6, 6.07) is 10.1. The number of nitrogens with zero attached hydrogens (tertiary/aromatic N) is 5.